The van der Waals surface area contributed by atoms with Gasteiger partial charge < -0.3 is 9.47 Å². The van der Waals surface area contributed by atoms with Crippen LogP contribution >= 0.6 is 0 Å². The molecule has 0 saturated heterocycles. The average Bonchev–Trinajstić information content (AvgIpc) is 2.26. The molecule has 0 heterocycles. The van der Waals surface area contributed by atoms with Crippen LogP contribution in [0.1, 0.15) is 13.3 Å². The maximum atomic E-state index is 5.69. The van der Waals surface area contributed by atoms with E-state index in [-0.39, 0.29) is 6.10 Å². The smallest absolute Gasteiger partial charge is 0.162 e. The average molecular weight is 192 g/mol. The van der Waals surface area contributed by atoms with Gasteiger partial charge in [-0.05, 0) is 18.6 Å². The van der Waals surface area contributed by atoms with Crippen molar-refractivity contribution in [1.82, 2.24) is 0 Å². The van der Waals surface area contributed by atoms with Gasteiger partial charge in [0.15, 0.2) is 11.5 Å². The number of benzene rings is 1. The molecule has 1 aromatic carbocycles. The lowest BCUT2D eigenvalue weighted by Crippen LogP contribution is -2.11. The number of methoxy groups -OCH3 is 1. The Morgan fingerprint density at radius 2 is 2.00 bits per heavy atom. The van der Waals surface area contributed by atoms with E-state index in [1.165, 1.54) is 0 Å². The molecule has 0 saturated carbocycles. The van der Waals surface area contributed by atoms with Crippen molar-refractivity contribution < 1.29 is 9.47 Å². The Morgan fingerprint density at radius 3 is 2.50 bits per heavy atom. The standard InChI is InChI=1S/C12H16O2/c1-4-10(5-2)14-12-9-7-6-8-11(12)13-3/h4,6-10H,1,5H2,2-3H3. The first kappa shape index (κ1) is 10.6. The van der Waals surface area contributed by atoms with E-state index >= 15 is 0 Å². The van der Waals surface area contributed by atoms with Crippen molar-refractivity contribution in [2.45, 2.75) is 19.4 Å². The van der Waals surface area contributed by atoms with E-state index in [0.717, 1.165) is 17.9 Å². The van der Waals surface area contributed by atoms with Crippen LogP contribution in [0.2, 0.25) is 0 Å². The predicted molar refractivity (Wildman–Crippen MR) is 57.9 cm³/mol. The van der Waals surface area contributed by atoms with Gasteiger partial charge in [0.1, 0.15) is 6.10 Å². The second-order valence-electron chi connectivity index (χ2n) is 2.95. The fourth-order valence-corrected chi connectivity index (χ4v) is 1.18. The molecule has 0 aliphatic rings. The largest absolute Gasteiger partial charge is 0.493 e. The van der Waals surface area contributed by atoms with E-state index in [1.807, 2.05) is 24.3 Å². The Kier molecular flexibility index (Phi) is 4.05. The summed E-state index contributed by atoms with van der Waals surface area (Å²) < 4.78 is 10.9. The van der Waals surface area contributed by atoms with E-state index in [2.05, 4.69) is 13.5 Å². The Labute approximate surface area is 85.2 Å². The highest BCUT2D eigenvalue weighted by Crippen LogP contribution is 2.27. The molecular weight excluding hydrogens is 176 g/mol. The zero-order chi connectivity index (χ0) is 10.4. The van der Waals surface area contributed by atoms with Gasteiger partial charge in [-0.1, -0.05) is 31.7 Å². The highest BCUT2D eigenvalue weighted by atomic mass is 16.5. The summed E-state index contributed by atoms with van der Waals surface area (Å²) in [6.07, 6.45) is 2.75. The number of hydrogen-bond acceptors (Lipinski definition) is 2. The van der Waals surface area contributed by atoms with E-state index in [0.29, 0.717) is 0 Å². The van der Waals surface area contributed by atoms with Gasteiger partial charge in [-0.3, -0.25) is 0 Å². The molecule has 0 radical (unpaired) electrons. The van der Waals surface area contributed by atoms with E-state index in [4.69, 9.17) is 9.47 Å². The van der Waals surface area contributed by atoms with E-state index in [9.17, 15) is 0 Å². The Morgan fingerprint density at radius 1 is 1.36 bits per heavy atom. The summed E-state index contributed by atoms with van der Waals surface area (Å²) in [6.45, 7) is 5.78. The number of rotatable bonds is 5. The second kappa shape index (κ2) is 5.32. The summed E-state index contributed by atoms with van der Waals surface area (Å²) in [5.74, 6) is 1.52. The van der Waals surface area contributed by atoms with Crippen LogP contribution < -0.4 is 9.47 Å². The Bertz CT molecular complexity index is 294. The van der Waals surface area contributed by atoms with Crippen LogP contribution in [0.5, 0.6) is 11.5 Å². The van der Waals surface area contributed by atoms with Crippen molar-refractivity contribution in [2.24, 2.45) is 0 Å². The molecule has 1 aromatic rings. The minimum absolute atomic E-state index is 0.0475. The lowest BCUT2D eigenvalue weighted by Gasteiger charge is -2.15. The molecule has 0 fully saturated rings. The third kappa shape index (κ3) is 2.52. The first-order chi connectivity index (χ1) is 6.81. The number of ether oxygens (including phenoxy) is 2. The van der Waals surface area contributed by atoms with Crippen LogP contribution in [-0.2, 0) is 0 Å². The molecule has 0 aliphatic carbocycles. The van der Waals surface area contributed by atoms with Crippen molar-refractivity contribution in [3.63, 3.8) is 0 Å². The molecule has 0 spiro atoms. The van der Waals surface area contributed by atoms with Crippen LogP contribution in [-0.4, -0.2) is 13.2 Å². The Hall–Kier alpha value is -1.44. The first-order valence-electron chi connectivity index (χ1n) is 4.74. The van der Waals surface area contributed by atoms with Gasteiger partial charge in [-0.15, -0.1) is 0 Å². The number of para-hydroxylation sites is 2. The van der Waals surface area contributed by atoms with Crippen LogP contribution in [0.25, 0.3) is 0 Å². The van der Waals surface area contributed by atoms with Crippen molar-refractivity contribution in [2.75, 3.05) is 7.11 Å². The lowest BCUT2D eigenvalue weighted by atomic mass is 10.2. The fraction of sp³-hybridized carbons (Fsp3) is 0.333. The number of hydrogen-bond donors (Lipinski definition) is 0. The summed E-state index contributed by atoms with van der Waals surface area (Å²) >= 11 is 0. The molecule has 76 valence electrons. The minimum Gasteiger partial charge on any atom is -0.493 e. The van der Waals surface area contributed by atoms with Gasteiger partial charge in [0.25, 0.3) is 0 Å². The van der Waals surface area contributed by atoms with Crippen LogP contribution in [0, 0.1) is 0 Å². The summed E-state index contributed by atoms with van der Waals surface area (Å²) in [7, 11) is 1.64. The molecule has 0 aromatic heterocycles. The highest BCUT2D eigenvalue weighted by molar-refractivity contribution is 5.39. The van der Waals surface area contributed by atoms with Crippen LogP contribution in [0.15, 0.2) is 36.9 Å². The SMILES string of the molecule is C=CC(CC)Oc1ccccc1OC. The summed E-state index contributed by atoms with van der Waals surface area (Å²) in [6, 6.07) is 7.62. The second-order valence-corrected chi connectivity index (χ2v) is 2.95. The molecule has 2 nitrogen and oxygen atoms in total. The molecule has 1 atom stereocenters. The molecule has 1 unspecified atom stereocenters. The summed E-state index contributed by atoms with van der Waals surface area (Å²) in [5.41, 5.74) is 0. The van der Waals surface area contributed by atoms with Crippen molar-refractivity contribution in [3.8, 4) is 11.5 Å². The van der Waals surface area contributed by atoms with Crippen LogP contribution in [0.3, 0.4) is 0 Å². The molecule has 0 aliphatic heterocycles. The lowest BCUT2D eigenvalue weighted by molar-refractivity contribution is 0.233. The van der Waals surface area contributed by atoms with E-state index in [1.54, 1.807) is 13.2 Å². The third-order valence-electron chi connectivity index (χ3n) is 2.01. The monoisotopic (exact) mass is 192 g/mol. The first-order valence-corrected chi connectivity index (χ1v) is 4.74. The molecule has 0 N–H and O–H groups in total. The van der Waals surface area contributed by atoms with Crippen molar-refractivity contribution in [1.29, 1.82) is 0 Å². The molecular formula is C12H16O2. The van der Waals surface area contributed by atoms with Crippen molar-refractivity contribution in [3.05, 3.63) is 36.9 Å². The van der Waals surface area contributed by atoms with Gasteiger partial charge in [0.05, 0.1) is 7.11 Å². The van der Waals surface area contributed by atoms with Crippen molar-refractivity contribution >= 4 is 0 Å². The summed E-state index contributed by atoms with van der Waals surface area (Å²) in [4.78, 5) is 0. The molecule has 2 heteroatoms. The summed E-state index contributed by atoms with van der Waals surface area (Å²) in [5, 5.41) is 0. The topological polar surface area (TPSA) is 18.5 Å². The predicted octanol–water partition coefficient (Wildman–Crippen LogP) is 3.04. The molecule has 0 bridgehead atoms. The maximum Gasteiger partial charge on any atom is 0.162 e. The molecule has 1 rings (SSSR count). The third-order valence-corrected chi connectivity index (χ3v) is 2.01. The quantitative estimate of drug-likeness (QED) is 0.667. The van der Waals surface area contributed by atoms with Gasteiger partial charge in [-0.2, -0.15) is 0 Å². The molecule has 14 heavy (non-hydrogen) atoms. The molecule has 0 amide bonds. The van der Waals surface area contributed by atoms with E-state index < -0.39 is 0 Å². The van der Waals surface area contributed by atoms with Gasteiger partial charge in [0.2, 0.25) is 0 Å². The zero-order valence-corrected chi connectivity index (χ0v) is 8.69. The minimum atomic E-state index is 0.0475. The highest BCUT2D eigenvalue weighted by Gasteiger charge is 2.07. The zero-order valence-electron chi connectivity index (χ0n) is 8.69. The maximum absolute atomic E-state index is 5.69. The van der Waals surface area contributed by atoms with Gasteiger partial charge in [0, 0.05) is 0 Å². The van der Waals surface area contributed by atoms with Crippen LogP contribution in [0.4, 0.5) is 0 Å². The fourth-order valence-electron chi connectivity index (χ4n) is 1.18. The van der Waals surface area contributed by atoms with Gasteiger partial charge >= 0.3 is 0 Å². The normalized spacial score (nSPS) is 11.9. The Balaban J connectivity index is 2.78. The van der Waals surface area contributed by atoms with Gasteiger partial charge in [-0.25, -0.2) is 0 Å².